The summed E-state index contributed by atoms with van der Waals surface area (Å²) in [6, 6.07) is 10.5. The van der Waals surface area contributed by atoms with Gasteiger partial charge >= 0.3 is 35.0 Å². The van der Waals surface area contributed by atoms with Crippen LogP contribution in [0.5, 0.6) is 0 Å². The van der Waals surface area contributed by atoms with Gasteiger partial charge in [0.2, 0.25) is 0 Å². The van der Waals surface area contributed by atoms with E-state index in [2.05, 4.69) is 43.3 Å². The molecule has 0 aliphatic carbocycles. The van der Waals surface area contributed by atoms with Gasteiger partial charge in [0.15, 0.2) is 0 Å². The van der Waals surface area contributed by atoms with Crippen LogP contribution in [0.25, 0.3) is 0 Å². The third-order valence-electron chi connectivity index (χ3n) is 1.34. The predicted molar refractivity (Wildman–Crippen MR) is 56.2 cm³/mol. The monoisotopic (exact) mass is 324 g/mol. The van der Waals surface area contributed by atoms with Crippen LogP contribution < -0.4 is 0 Å². The average molecular weight is 324 g/mol. The molecular weight excluding hydrogens is 311 g/mol. The number of benzene rings is 1. The van der Waals surface area contributed by atoms with Gasteiger partial charge in [0.1, 0.15) is 0 Å². The van der Waals surface area contributed by atoms with E-state index in [1.165, 1.54) is 5.56 Å². The zero-order chi connectivity index (χ0) is 13.8. The standard InChI is InChI=1S/C9H13N.AsF6/c1-10(2)8-9-6-4-3-5-7-9;2-1(3,4,5,6)7/h3-7H,8H2,1-2H3;/q;-1. The van der Waals surface area contributed by atoms with Crippen molar-refractivity contribution >= 4 is 14.2 Å². The van der Waals surface area contributed by atoms with Crippen molar-refractivity contribution in [2.45, 2.75) is 6.54 Å². The Morgan fingerprint density at radius 3 is 1.53 bits per heavy atom. The SMILES string of the molecule is CN(C)Cc1ccccc1.F[As-](F)(F)(F)(F)F. The van der Waals surface area contributed by atoms with Crippen molar-refractivity contribution in [1.82, 2.24) is 4.90 Å². The summed E-state index contributed by atoms with van der Waals surface area (Å²) in [7, 11) is 4.15. The van der Waals surface area contributed by atoms with Crippen molar-refractivity contribution in [3.8, 4) is 0 Å². The number of hydrogen-bond donors (Lipinski definition) is 0. The van der Waals surface area contributed by atoms with Gasteiger partial charge in [-0.1, -0.05) is 30.3 Å². The normalized spacial score (nSPS) is 15.6. The molecular formula is C9H13AsF6N-. The van der Waals surface area contributed by atoms with Crippen molar-refractivity contribution in [3.05, 3.63) is 35.9 Å². The summed E-state index contributed by atoms with van der Waals surface area (Å²) >= 11 is -11.1. The van der Waals surface area contributed by atoms with Gasteiger partial charge in [-0.25, -0.2) is 0 Å². The van der Waals surface area contributed by atoms with Crippen molar-refractivity contribution in [2.24, 2.45) is 0 Å². The van der Waals surface area contributed by atoms with Crippen molar-refractivity contribution < 1.29 is 20.8 Å². The van der Waals surface area contributed by atoms with E-state index >= 15 is 0 Å². The van der Waals surface area contributed by atoms with E-state index in [0.29, 0.717) is 0 Å². The van der Waals surface area contributed by atoms with Crippen molar-refractivity contribution in [3.63, 3.8) is 0 Å². The van der Waals surface area contributed by atoms with Crippen molar-refractivity contribution in [1.29, 1.82) is 0 Å². The van der Waals surface area contributed by atoms with E-state index in [0.717, 1.165) is 6.54 Å². The molecule has 0 aliphatic rings. The molecule has 0 aliphatic heterocycles. The van der Waals surface area contributed by atoms with Gasteiger partial charge in [-0.3, -0.25) is 0 Å². The summed E-state index contributed by atoms with van der Waals surface area (Å²) in [5.74, 6) is 0. The van der Waals surface area contributed by atoms with E-state index in [4.69, 9.17) is 0 Å². The Kier molecular flexibility index (Phi) is 4.35. The van der Waals surface area contributed by atoms with Crippen molar-refractivity contribution in [2.75, 3.05) is 14.1 Å². The predicted octanol–water partition coefficient (Wildman–Crippen LogP) is 3.89. The molecule has 0 bridgehead atoms. The fraction of sp³-hybridized carbons (Fsp3) is 0.333. The van der Waals surface area contributed by atoms with Crippen LogP contribution in [0.3, 0.4) is 0 Å². The number of hydrogen-bond acceptors (Lipinski definition) is 1. The van der Waals surface area contributed by atoms with Crippen LogP contribution in [0.1, 0.15) is 5.56 Å². The van der Waals surface area contributed by atoms with Crippen LogP contribution in [-0.4, -0.2) is 33.2 Å². The number of nitrogens with zero attached hydrogens (tertiary/aromatic N) is 1. The Bertz CT molecular complexity index is 332. The Morgan fingerprint density at radius 1 is 0.882 bits per heavy atom. The molecule has 1 rings (SSSR count). The zero-order valence-corrected chi connectivity index (χ0v) is 11.1. The Balaban J connectivity index is 0.000000325. The molecule has 17 heavy (non-hydrogen) atoms. The first-order chi connectivity index (χ1) is 7.24. The van der Waals surface area contributed by atoms with Gasteiger partial charge in [-0.15, -0.1) is 0 Å². The maximum absolute atomic E-state index is 11.1. The van der Waals surface area contributed by atoms with Gasteiger partial charge in [-0.05, 0) is 19.7 Å². The molecule has 0 aromatic heterocycles. The molecule has 0 unspecified atom stereocenters. The van der Waals surface area contributed by atoms with E-state index in [9.17, 15) is 20.8 Å². The van der Waals surface area contributed by atoms with E-state index in [1.807, 2.05) is 6.07 Å². The first kappa shape index (κ1) is 16.3. The van der Waals surface area contributed by atoms with Crippen LogP contribution in [0, 0.1) is 0 Å². The van der Waals surface area contributed by atoms with Gasteiger partial charge in [0, 0.05) is 6.54 Å². The maximum atomic E-state index is 9.91. The summed E-state index contributed by atoms with van der Waals surface area (Å²) < 4.78 is 59.4. The molecule has 1 nitrogen and oxygen atoms in total. The second-order valence-electron chi connectivity index (χ2n) is 3.68. The molecule has 1 aromatic carbocycles. The quantitative estimate of drug-likeness (QED) is 0.589. The van der Waals surface area contributed by atoms with E-state index in [-0.39, 0.29) is 0 Å². The van der Waals surface area contributed by atoms with Gasteiger partial charge in [0.25, 0.3) is 0 Å². The van der Waals surface area contributed by atoms with Crippen LogP contribution in [0.4, 0.5) is 20.8 Å². The molecule has 0 N–H and O–H groups in total. The second-order valence-corrected chi connectivity index (χ2v) is 7.70. The summed E-state index contributed by atoms with van der Waals surface area (Å²) in [6.45, 7) is 1.03. The molecule has 0 amide bonds. The summed E-state index contributed by atoms with van der Waals surface area (Å²) in [5.41, 5.74) is 1.37. The molecule has 0 heterocycles. The zero-order valence-electron chi connectivity index (χ0n) is 9.26. The van der Waals surface area contributed by atoms with Crippen LogP contribution in [-0.2, 0) is 6.54 Å². The summed E-state index contributed by atoms with van der Waals surface area (Å²) in [4.78, 5) is 2.16. The third kappa shape index (κ3) is 21.2. The minimum absolute atomic E-state index is 1.03. The van der Waals surface area contributed by atoms with Gasteiger partial charge < -0.3 is 4.90 Å². The van der Waals surface area contributed by atoms with E-state index in [1.54, 1.807) is 0 Å². The Morgan fingerprint density at radius 2 is 1.24 bits per heavy atom. The molecule has 0 radical (unpaired) electrons. The number of halogens is 6. The first-order valence-corrected chi connectivity index (χ1v) is 8.74. The molecule has 0 spiro atoms. The average Bonchev–Trinajstić information content (AvgIpc) is 1.98. The fourth-order valence-corrected chi connectivity index (χ4v) is 0.949. The molecule has 0 fully saturated rings. The fourth-order valence-electron chi connectivity index (χ4n) is 0.949. The third-order valence-corrected chi connectivity index (χ3v) is 1.34. The molecule has 8 heteroatoms. The van der Waals surface area contributed by atoms with Crippen LogP contribution in [0.15, 0.2) is 30.3 Å². The van der Waals surface area contributed by atoms with Gasteiger partial charge in [0.05, 0.1) is 0 Å². The number of rotatable bonds is 2. The minimum atomic E-state index is -11.1. The second kappa shape index (κ2) is 4.53. The van der Waals surface area contributed by atoms with Crippen LogP contribution >= 0.6 is 0 Å². The summed E-state index contributed by atoms with van der Waals surface area (Å²) in [5, 5.41) is 0. The molecule has 1 aromatic rings. The topological polar surface area (TPSA) is 3.24 Å². The van der Waals surface area contributed by atoms with E-state index < -0.39 is 14.2 Å². The summed E-state index contributed by atoms with van der Waals surface area (Å²) in [6.07, 6.45) is 0. The molecule has 0 atom stereocenters. The first-order valence-electron chi connectivity index (χ1n) is 4.49. The molecule has 0 saturated carbocycles. The molecule has 0 saturated heterocycles. The molecule has 102 valence electrons. The van der Waals surface area contributed by atoms with Crippen LogP contribution in [0.2, 0.25) is 0 Å². The Labute approximate surface area is 96.9 Å². The van der Waals surface area contributed by atoms with Gasteiger partial charge in [-0.2, -0.15) is 0 Å². The Hall–Kier alpha value is -0.682.